The van der Waals surface area contributed by atoms with Crippen molar-refractivity contribution in [2.45, 2.75) is 13.5 Å². The molecule has 1 aromatic carbocycles. The Hall–Kier alpha value is -1.77. The fraction of sp³-hybridized carbons (Fsp3) is 0.231. The Bertz CT molecular complexity index is 627. The fourth-order valence-electron chi connectivity index (χ4n) is 1.52. The van der Waals surface area contributed by atoms with E-state index in [1.807, 2.05) is 6.92 Å². The molecule has 0 unspecified atom stereocenters. The van der Waals surface area contributed by atoms with E-state index in [-0.39, 0.29) is 18.3 Å². The lowest BCUT2D eigenvalue weighted by Gasteiger charge is -2.09. The highest BCUT2D eigenvalue weighted by Gasteiger charge is 2.08. The van der Waals surface area contributed by atoms with E-state index in [0.29, 0.717) is 28.5 Å². The average molecular weight is 357 g/mol. The molecule has 1 heterocycles. The molecule has 6 nitrogen and oxygen atoms in total. The van der Waals surface area contributed by atoms with E-state index in [9.17, 15) is 4.39 Å². The summed E-state index contributed by atoms with van der Waals surface area (Å²) in [6, 6.07) is 5.84. The van der Waals surface area contributed by atoms with E-state index in [4.69, 9.17) is 15.3 Å². The van der Waals surface area contributed by atoms with Crippen LogP contribution in [0.25, 0.3) is 0 Å². The molecule has 1 aromatic heterocycles. The molecule has 0 saturated carbocycles. The van der Waals surface area contributed by atoms with Crippen LogP contribution in [0.4, 0.5) is 10.2 Å². The topological polar surface area (TPSA) is 82.3 Å². The van der Waals surface area contributed by atoms with Gasteiger partial charge >= 0.3 is 0 Å². The van der Waals surface area contributed by atoms with Gasteiger partial charge in [-0.25, -0.2) is 15.2 Å². The predicted molar refractivity (Wildman–Crippen MR) is 79.3 cm³/mol. The molecule has 0 aliphatic heterocycles. The van der Waals surface area contributed by atoms with E-state index < -0.39 is 0 Å². The number of nitrogens with two attached hydrogens (primary N) is 1. The van der Waals surface area contributed by atoms with E-state index in [0.717, 1.165) is 0 Å². The molecule has 0 aliphatic carbocycles. The minimum Gasteiger partial charge on any atom is -0.439 e. The Balaban J connectivity index is 2.23. The number of benzene rings is 1. The van der Waals surface area contributed by atoms with Crippen LogP contribution in [-0.2, 0) is 11.3 Å². The standard InChI is InChI=1S/C13H14BrFN4O2/c1-2-20-7-12-17-11(19-16)6-13(18-12)21-8-3-4-10(15)9(14)5-8/h3-6H,2,7,16H2,1H3,(H,17,18,19). The lowest BCUT2D eigenvalue weighted by Crippen LogP contribution is -2.11. The van der Waals surface area contributed by atoms with Crippen molar-refractivity contribution in [3.05, 3.63) is 40.4 Å². The number of nitrogens with zero attached hydrogens (tertiary/aromatic N) is 2. The highest BCUT2D eigenvalue weighted by atomic mass is 79.9. The Labute approximate surface area is 129 Å². The molecule has 21 heavy (non-hydrogen) atoms. The maximum absolute atomic E-state index is 13.2. The third-order valence-corrected chi connectivity index (χ3v) is 3.05. The van der Waals surface area contributed by atoms with Crippen molar-refractivity contribution in [2.75, 3.05) is 12.0 Å². The van der Waals surface area contributed by atoms with Gasteiger partial charge in [0.1, 0.15) is 24.0 Å². The first-order chi connectivity index (χ1) is 10.1. The maximum atomic E-state index is 13.2. The molecule has 0 fully saturated rings. The number of hydrogen-bond donors (Lipinski definition) is 2. The Morgan fingerprint density at radius 1 is 1.33 bits per heavy atom. The summed E-state index contributed by atoms with van der Waals surface area (Å²) in [5.74, 6) is 6.54. The van der Waals surface area contributed by atoms with Gasteiger partial charge in [0.05, 0.1) is 4.47 Å². The van der Waals surface area contributed by atoms with Crippen molar-refractivity contribution < 1.29 is 13.9 Å². The minimum absolute atomic E-state index is 0.246. The first-order valence-electron chi connectivity index (χ1n) is 6.17. The molecular weight excluding hydrogens is 343 g/mol. The summed E-state index contributed by atoms with van der Waals surface area (Å²) < 4.78 is 24.3. The Morgan fingerprint density at radius 2 is 2.14 bits per heavy atom. The molecule has 2 rings (SSSR count). The number of anilines is 1. The first-order valence-corrected chi connectivity index (χ1v) is 6.97. The third kappa shape index (κ3) is 4.35. The monoisotopic (exact) mass is 356 g/mol. The zero-order valence-corrected chi connectivity index (χ0v) is 12.9. The van der Waals surface area contributed by atoms with Gasteiger partial charge in [-0.15, -0.1) is 0 Å². The number of hydrogen-bond acceptors (Lipinski definition) is 6. The van der Waals surface area contributed by atoms with Crippen molar-refractivity contribution in [1.29, 1.82) is 0 Å². The molecule has 0 spiro atoms. The van der Waals surface area contributed by atoms with Crippen LogP contribution in [0.2, 0.25) is 0 Å². The highest BCUT2D eigenvalue weighted by Crippen LogP contribution is 2.26. The second kappa shape index (κ2) is 7.30. The van der Waals surface area contributed by atoms with Gasteiger partial charge in [-0.1, -0.05) is 0 Å². The van der Waals surface area contributed by atoms with Crippen LogP contribution in [0.3, 0.4) is 0 Å². The van der Waals surface area contributed by atoms with Gasteiger partial charge in [-0.05, 0) is 41.1 Å². The number of nitrogens with one attached hydrogen (secondary N) is 1. The molecule has 112 valence electrons. The summed E-state index contributed by atoms with van der Waals surface area (Å²) >= 11 is 3.10. The Morgan fingerprint density at radius 3 is 2.81 bits per heavy atom. The van der Waals surface area contributed by atoms with Gasteiger partial charge in [0, 0.05) is 12.7 Å². The largest absolute Gasteiger partial charge is 0.439 e. The van der Waals surface area contributed by atoms with Crippen LogP contribution in [0, 0.1) is 5.82 Å². The Kier molecular flexibility index (Phi) is 5.43. The van der Waals surface area contributed by atoms with Gasteiger partial charge in [0.15, 0.2) is 5.82 Å². The highest BCUT2D eigenvalue weighted by molar-refractivity contribution is 9.10. The average Bonchev–Trinajstić information content (AvgIpc) is 2.48. The quantitative estimate of drug-likeness (QED) is 0.611. The lowest BCUT2D eigenvalue weighted by molar-refractivity contribution is 0.128. The smallest absolute Gasteiger partial charge is 0.224 e. The molecule has 0 amide bonds. The fourth-order valence-corrected chi connectivity index (χ4v) is 1.88. The number of aromatic nitrogens is 2. The SMILES string of the molecule is CCOCc1nc(NN)cc(Oc2ccc(F)c(Br)c2)n1. The minimum atomic E-state index is -0.369. The number of halogens is 2. The van der Waals surface area contributed by atoms with Gasteiger partial charge in [-0.3, -0.25) is 0 Å². The number of ether oxygens (including phenoxy) is 2. The first kappa shape index (κ1) is 15.6. The van der Waals surface area contributed by atoms with Crippen molar-refractivity contribution in [1.82, 2.24) is 9.97 Å². The normalized spacial score (nSPS) is 10.5. The van der Waals surface area contributed by atoms with Crippen molar-refractivity contribution in [3.8, 4) is 11.6 Å². The van der Waals surface area contributed by atoms with Crippen LogP contribution < -0.4 is 16.0 Å². The second-order valence-electron chi connectivity index (χ2n) is 3.97. The van der Waals surface area contributed by atoms with Gasteiger partial charge < -0.3 is 14.9 Å². The van der Waals surface area contributed by atoms with E-state index >= 15 is 0 Å². The van der Waals surface area contributed by atoms with Crippen molar-refractivity contribution in [2.24, 2.45) is 5.84 Å². The summed E-state index contributed by atoms with van der Waals surface area (Å²) in [5, 5.41) is 0. The number of hydrazine groups is 1. The molecule has 0 aliphatic rings. The molecule has 3 N–H and O–H groups in total. The molecule has 0 radical (unpaired) electrons. The van der Waals surface area contributed by atoms with Crippen LogP contribution in [-0.4, -0.2) is 16.6 Å². The molecule has 0 bridgehead atoms. The summed E-state index contributed by atoms with van der Waals surface area (Å²) in [6.07, 6.45) is 0. The predicted octanol–water partition coefficient (Wildman–Crippen LogP) is 2.99. The van der Waals surface area contributed by atoms with E-state index in [1.165, 1.54) is 24.3 Å². The van der Waals surface area contributed by atoms with Crippen molar-refractivity contribution >= 4 is 21.7 Å². The lowest BCUT2D eigenvalue weighted by atomic mass is 10.3. The number of rotatable bonds is 6. The van der Waals surface area contributed by atoms with Crippen LogP contribution in [0.1, 0.15) is 12.7 Å². The van der Waals surface area contributed by atoms with Crippen LogP contribution >= 0.6 is 15.9 Å². The summed E-state index contributed by atoms with van der Waals surface area (Å²) in [5.41, 5.74) is 2.43. The van der Waals surface area contributed by atoms with Crippen LogP contribution in [0.15, 0.2) is 28.7 Å². The van der Waals surface area contributed by atoms with Gasteiger partial charge in [0.2, 0.25) is 5.88 Å². The van der Waals surface area contributed by atoms with Crippen molar-refractivity contribution in [3.63, 3.8) is 0 Å². The van der Waals surface area contributed by atoms with E-state index in [1.54, 1.807) is 0 Å². The maximum Gasteiger partial charge on any atom is 0.224 e. The number of nitrogen functional groups attached to an aromatic ring is 1. The van der Waals surface area contributed by atoms with Gasteiger partial charge in [0.25, 0.3) is 0 Å². The second-order valence-corrected chi connectivity index (χ2v) is 4.82. The molecule has 0 saturated heterocycles. The third-order valence-electron chi connectivity index (χ3n) is 2.45. The summed E-state index contributed by atoms with van der Waals surface area (Å²) in [6.45, 7) is 2.67. The molecule has 2 aromatic rings. The van der Waals surface area contributed by atoms with Gasteiger partial charge in [-0.2, -0.15) is 4.98 Å². The molecule has 8 heteroatoms. The van der Waals surface area contributed by atoms with Crippen LogP contribution in [0.5, 0.6) is 11.6 Å². The molecule has 0 atom stereocenters. The molecular formula is C13H14BrFN4O2. The summed E-state index contributed by atoms with van der Waals surface area (Å²) in [7, 11) is 0. The van der Waals surface area contributed by atoms with E-state index in [2.05, 4.69) is 31.3 Å². The zero-order chi connectivity index (χ0) is 15.2. The zero-order valence-electron chi connectivity index (χ0n) is 11.3. The summed E-state index contributed by atoms with van der Waals surface area (Å²) in [4.78, 5) is 8.34.